The standard InChI is InChI=1S/C28H44O4/c1-3-4-5-7-22-8-10-23(11-9-22)24-12-18-27(19-13-24)32-28(29)25-14-16-26(17-15-25)31-21-6-20-30-2/h14-17,22-24,27H,3-13,18-21H2,1-2H3. The van der Waals surface area contributed by atoms with Crippen LogP contribution in [0.2, 0.25) is 0 Å². The minimum Gasteiger partial charge on any atom is -0.494 e. The van der Waals surface area contributed by atoms with Gasteiger partial charge in [0.05, 0.1) is 12.2 Å². The first-order valence-corrected chi connectivity index (χ1v) is 13.1. The molecular weight excluding hydrogens is 400 g/mol. The van der Waals surface area contributed by atoms with Crippen molar-refractivity contribution >= 4 is 5.97 Å². The van der Waals surface area contributed by atoms with Gasteiger partial charge in [0, 0.05) is 20.1 Å². The number of unbranched alkanes of at least 4 members (excludes halogenated alkanes) is 2. The van der Waals surface area contributed by atoms with Gasteiger partial charge in [-0.25, -0.2) is 4.79 Å². The van der Waals surface area contributed by atoms with E-state index >= 15 is 0 Å². The maximum Gasteiger partial charge on any atom is 0.338 e. The second-order valence-electron chi connectivity index (χ2n) is 9.94. The summed E-state index contributed by atoms with van der Waals surface area (Å²) in [6, 6.07) is 7.30. The van der Waals surface area contributed by atoms with E-state index in [1.807, 2.05) is 12.1 Å². The number of esters is 1. The topological polar surface area (TPSA) is 44.8 Å². The number of hydrogen-bond donors (Lipinski definition) is 0. The Kier molecular flexibility index (Phi) is 10.9. The second-order valence-corrected chi connectivity index (χ2v) is 9.94. The number of carbonyl (C=O) groups excluding carboxylic acids is 1. The van der Waals surface area contributed by atoms with Crippen LogP contribution in [0.1, 0.15) is 101 Å². The molecule has 1 aromatic rings. The molecule has 0 radical (unpaired) electrons. The van der Waals surface area contributed by atoms with Crippen LogP contribution in [0.25, 0.3) is 0 Å². The predicted molar refractivity (Wildman–Crippen MR) is 129 cm³/mol. The number of carbonyl (C=O) groups is 1. The fraction of sp³-hybridized carbons (Fsp3) is 0.750. The number of benzene rings is 1. The zero-order valence-corrected chi connectivity index (χ0v) is 20.4. The molecule has 0 amide bonds. The van der Waals surface area contributed by atoms with Gasteiger partial charge in [0.25, 0.3) is 0 Å². The lowest BCUT2D eigenvalue weighted by atomic mass is 9.70. The van der Waals surface area contributed by atoms with Crippen LogP contribution in [-0.4, -0.2) is 32.4 Å². The Bertz CT molecular complexity index is 640. The van der Waals surface area contributed by atoms with Crippen molar-refractivity contribution in [3.05, 3.63) is 29.8 Å². The molecule has 4 heteroatoms. The first-order chi connectivity index (χ1) is 15.7. The van der Waals surface area contributed by atoms with Crippen molar-refractivity contribution in [2.75, 3.05) is 20.3 Å². The van der Waals surface area contributed by atoms with E-state index in [1.165, 1.54) is 64.2 Å². The van der Waals surface area contributed by atoms with Crippen LogP contribution < -0.4 is 4.74 Å². The largest absolute Gasteiger partial charge is 0.494 e. The number of rotatable bonds is 12. The van der Waals surface area contributed by atoms with E-state index in [4.69, 9.17) is 14.2 Å². The summed E-state index contributed by atoms with van der Waals surface area (Å²) in [6.45, 7) is 3.59. The highest BCUT2D eigenvalue weighted by Crippen LogP contribution is 2.41. The van der Waals surface area contributed by atoms with Gasteiger partial charge in [-0.05, 0) is 80.5 Å². The summed E-state index contributed by atoms with van der Waals surface area (Å²) in [5.41, 5.74) is 0.609. The molecule has 0 unspecified atom stereocenters. The summed E-state index contributed by atoms with van der Waals surface area (Å²) >= 11 is 0. The minimum atomic E-state index is -0.202. The number of ether oxygens (including phenoxy) is 3. The third kappa shape index (κ3) is 8.10. The lowest BCUT2D eigenvalue weighted by molar-refractivity contribution is 0.0109. The molecule has 2 aliphatic carbocycles. The van der Waals surface area contributed by atoms with Crippen LogP contribution >= 0.6 is 0 Å². The molecule has 2 aliphatic rings. The van der Waals surface area contributed by atoms with E-state index in [-0.39, 0.29) is 12.1 Å². The zero-order valence-electron chi connectivity index (χ0n) is 20.4. The molecule has 3 rings (SSSR count). The van der Waals surface area contributed by atoms with Crippen molar-refractivity contribution in [2.45, 2.75) is 96.5 Å². The van der Waals surface area contributed by atoms with Gasteiger partial charge in [0.15, 0.2) is 0 Å². The number of hydrogen-bond acceptors (Lipinski definition) is 4. The van der Waals surface area contributed by atoms with Crippen molar-refractivity contribution < 1.29 is 19.0 Å². The Hall–Kier alpha value is -1.55. The first kappa shape index (κ1) is 25.1. The highest BCUT2D eigenvalue weighted by atomic mass is 16.5. The van der Waals surface area contributed by atoms with E-state index in [0.29, 0.717) is 18.8 Å². The van der Waals surface area contributed by atoms with Gasteiger partial charge in [0.1, 0.15) is 11.9 Å². The Morgan fingerprint density at radius 1 is 0.844 bits per heavy atom. The van der Waals surface area contributed by atoms with Crippen molar-refractivity contribution in [2.24, 2.45) is 17.8 Å². The summed E-state index contributed by atoms with van der Waals surface area (Å²) in [6.07, 6.45) is 16.7. The molecule has 2 fully saturated rings. The van der Waals surface area contributed by atoms with E-state index in [2.05, 4.69) is 6.92 Å². The van der Waals surface area contributed by atoms with Crippen molar-refractivity contribution in [3.8, 4) is 5.75 Å². The van der Waals surface area contributed by atoms with Crippen molar-refractivity contribution in [1.29, 1.82) is 0 Å². The van der Waals surface area contributed by atoms with Crippen molar-refractivity contribution in [1.82, 2.24) is 0 Å². The summed E-state index contributed by atoms with van der Waals surface area (Å²) in [4.78, 5) is 12.6. The molecule has 4 nitrogen and oxygen atoms in total. The van der Waals surface area contributed by atoms with E-state index in [0.717, 1.165) is 42.8 Å². The molecule has 32 heavy (non-hydrogen) atoms. The lowest BCUT2D eigenvalue weighted by Gasteiger charge is -2.37. The average molecular weight is 445 g/mol. The van der Waals surface area contributed by atoms with Crippen LogP contribution in [0.15, 0.2) is 24.3 Å². The third-order valence-corrected chi connectivity index (χ3v) is 7.62. The average Bonchev–Trinajstić information content (AvgIpc) is 2.83. The summed E-state index contributed by atoms with van der Waals surface area (Å²) < 4.78 is 16.5. The van der Waals surface area contributed by atoms with Gasteiger partial charge in [-0.15, -0.1) is 0 Å². The normalized spacial score (nSPS) is 25.9. The number of methoxy groups -OCH3 is 1. The molecule has 180 valence electrons. The van der Waals surface area contributed by atoms with Crippen LogP contribution in [0.4, 0.5) is 0 Å². The smallest absolute Gasteiger partial charge is 0.338 e. The highest BCUT2D eigenvalue weighted by molar-refractivity contribution is 5.89. The molecule has 0 atom stereocenters. The van der Waals surface area contributed by atoms with Gasteiger partial charge in [-0.3, -0.25) is 0 Å². The molecule has 1 aromatic carbocycles. The SMILES string of the molecule is CCCCCC1CCC(C2CCC(OC(=O)c3ccc(OCCCOC)cc3)CC2)CC1. The van der Waals surface area contributed by atoms with Crippen LogP contribution in [0.5, 0.6) is 5.75 Å². The predicted octanol–water partition coefficient (Wildman–Crippen LogP) is 7.20. The monoisotopic (exact) mass is 444 g/mol. The van der Waals surface area contributed by atoms with Crippen LogP contribution in [0, 0.1) is 17.8 Å². The van der Waals surface area contributed by atoms with Gasteiger partial charge in [-0.2, -0.15) is 0 Å². The Labute approximate surface area is 195 Å². The van der Waals surface area contributed by atoms with Gasteiger partial charge in [-0.1, -0.05) is 45.4 Å². The van der Waals surface area contributed by atoms with Crippen molar-refractivity contribution in [3.63, 3.8) is 0 Å². The Morgan fingerprint density at radius 3 is 2.12 bits per heavy atom. The van der Waals surface area contributed by atoms with E-state index in [9.17, 15) is 4.79 Å². The molecule has 0 spiro atoms. The molecule has 0 heterocycles. The lowest BCUT2D eigenvalue weighted by Crippen LogP contribution is -2.29. The quantitative estimate of drug-likeness (QED) is 0.252. The fourth-order valence-electron chi connectivity index (χ4n) is 5.61. The fourth-order valence-corrected chi connectivity index (χ4v) is 5.61. The molecular formula is C28H44O4. The Balaban J connectivity index is 1.34. The second kappa shape index (κ2) is 13.9. The maximum atomic E-state index is 12.6. The molecule has 0 saturated heterocycles. The van der Waals surface area contributed by atoms with Gasteiger partial charge >= 0.3 is 5.97 Å². The third-order valence-electron chi connectivity index (χ3n) is 7.62. The van der Waals surface area contributed by atoms with E-state index < -0.39 is 0 Å². The molecule has 0 N–H and O–H groups in total. The zero-order chi connectivity index (χ0) is 22.6. The summed E-state index contributed by atoms with van der Waals surface area (Å²) in [7, 11) is 1.69. The van der Waals surface area contributed by atoms with Crippen LogP contribution in [-0.2, 0) is 9.47 Å². The Morgan fingerprint density at radius 2 is 1.50 bits per heavy atom. The van der Waals surface area contributed by atoms with Crippen LogP contribution in [0.3, 0.4) is 0 Å². The molecule has 0 bridgehead atoms. The van der Waals surface area contributed by atoms with Gasteiger partial charge in [0.2, 0.25) is 0 Å². The summed E-state index contributed by atoms with van der Waals surface area (Å²) in [5, 5.41) is 0. The summed E-state index contributed by atoms with van der Waals surface area (Å²) in [5.74, 6) is 3.31. The first-order valence-electron chi connectivity index (χ1n) is 13.1. The highest BCUT2D eigenvalue weighted by Gasteiger charge is 2.32. The molecule has 0 aromatic heterocycles. The maximum absolute atomic E-state index is 12.6. The van der Waals surface area contributed by atoms with E-state index in [1.54, 1.807) is 19.2 Å². The van der Waals surface area contributed by atoms with Gasteiger partial charge < -0.3 is 14.2 Å². The molecule has 0 aliphatic heterocycles. The molecule has 2 saturated carbocycles. The minimum absolute atomic E-state index is 0.0779.